The Hall–Kier alpha value is -1.73. The predicted molar refractivity (Wildman–Crippen MR) is 94.7 cm³/mol. The first kappa shape index (κ1) is 16.7. The minimum atomic E-state index is -0.232. The lowest BCUT2D eigenvalue weighted by Gasteiger charge is -2.34. The van der Waals surface area contributed by atoms with Crippen molar-refractivity contribution in [3.63, 3.8) is 0 Å². The van der Waals surface area contributed by atoms with E-state index in [1.165, 1.54) is 5.56 Å². The normalized spacial score (nSPS) is 24.9. The minimum Gasteiger partial charge on any atom is -0.368 e. The van der Waals surface area contributed by atoms with E-state index in [1.807, 2.05) is 4.90 Å². The van der Waals surface area contributed by atoms with E-state index in [0.29, 0.717) is 6.61 Å². The molecule has 1 amide bonds. The van der Waals surface area contributed by atoms with Crippen molar-refractivity contribution < 1.29 is 9.53 Å². The molecule has 0 radical (unpaired) electrons. The van der Waals surface area contributed by atoms with Gasteiger partial charge in [0.2, 0.25) is 0 Å². The molecular formula is C18H27N5O2. The highest BCUT2D eigenvalue weighted by atomic mass is 16.5. The van der Waals surface area contributed by atoms with Crippen LogP contribution in [-0.2, 0) is 22.4 Å². The third-order valence-corrected chi connectivity index (χ3v) is 5.58. The Labute approximate surface area is 149 Å². The molecule has 0 aliphatic carbocycles. The number of amides is 1. The van der Waals surface area contributed by atoms with E-state index in [4.69, 9.17) is 4.74 Å². The van der Waals surface area contributed by atoms with Crippen LogP contribution in [0.15, 0.2) is 6.33 Å². The first-order chi connectivity index (χ1) is 12.2. The number of carbonyl (C=O) groups is 1. The van der Waals surface area contributed by atoms with Gasteiger partial charge in [-0.25, -0.2) is 9.97 Å². The molecule has 0 N–H and O–H groups in total. The summed E-state index contributed by atoms with van der Waals surface area (Å²) in [5.74, 6) is 1.23. The minimum absolute atomic E-state index is 0.152. The Balaban J connectivity index is 1.49. The second-order valence-corrected chi connectivity index (χ2v) is 7.24. The molecule has 2 fully saturated rings. The van der Waals surface area contributed by atoms with E-state index >= 15 is 0 Å². The molecular weight excluding hydrogens is 318 g/mol. The molecule has 25 heavy (non-hydrogen) atoms. The van der Waals surface area contributed by atoms with Gasteiger partial charge in [-0.1, -0.05) is 0 Å². The average molecular weight is 345 g/mol. The molecule has 7 heteroatoms. The van der Waals surface area contributed by atoms with Crippen molar-refractivity contribution in [1.82, 2.24) is 19.8 Å². The second kappa shape index (κ2) is 7.25. The Morgan fingerprint density at radius 1 is 1.12 bits per heavy atom. The van der Waals surface area contributed by atoms with Crippen molar-refractivity contribution in [1.29, 1.82) is 0 Å². The molecule has 1 aromatic rings. The smallest absolute Gasteiger partial charge is 0.251 e. The number of fused-ring (bicyclic) bond motifs is 1. The van der Waals surface area contributed by atoms with Crippen LogP contribution in [0.25, 0.3) is 0 Å². The largest absolute Gasteiger partial charge is 0.368 e. The fourth-order valence-corrected chi connectivity index (χ4v) is 4.00. The lowest BCUT2D eigenvalue weighted by molar-refractivity contribution is -0.140. The fraction of sp³-hybridized carbons (Fsp3) is 0.722. The zero-order chi connectivity index (χ0) is 17.2. The van der Waals surface area contributed by atoms with Gasteiger partial charge in [0.15, 0.2) is 0 Å². The van der Waals surface area contributed by atoms with E-state index in [0.717, 1.165) is 76.5 Å². The standard InChI is InChI=1S/C18H27N5O2/c1-21-8-10-22(11-9-21)17-14-4-6-23(7-5-15(14)19-13-20-17)18(24)16-3-2-12-25-16/h13,16H,2-12H2,1H3/t16-/m0/s1. The van der Waals surface area contributed by atoms with Crippen LogP contribution in [-0.4, -0.2) is 84.7 Å². The summed E-state index contributed by atoms with van der Waals surface area (Å²) in [6.07, 6.45) is 4.93. The van der Waals surface area contributed by atoms with Gasteiger partial charge in [-0.15, -0.1) is 0 Å². The van der Waals surface area contributed by atoms with Crippen LogP contribution in [0.5, 0.6) is 0 Å². The first-order valence-corrected chi connectivity index (χ1v) is 9.39. The third-order valence-electron chi connectivity index (χ3n) is 5.58. The van der Waals surface area contributed by atoms with E-state index in [1.54, 1.807) is 6.33 Å². The molecule has 0 spiro atoms. The molecule has 4 rings (SSSR count). The quantitative estimate of drug-likeness (QED) is 0.770. The highest BCUT2D eigenvalue weighted by molar-refractivity contribution is 5.81. The van der Waals surface area contributed by atoms with E-state index < -0.39 is 0 Å². The van der Waals surface area contributed by atoms with Crippen molar-refractivity contribution in [2.45, 2.75) is 31.8 Å². The molecule has 1 atom stereocenters. The van der Waals surface area contributed by atoms with Gasteiger partial charge in [-0.2, -0.15) is 0 Å². The summed E-state index contributed by atoms with van der Waals surface area (Å²) in [5, 5.41) is 0. The predicted octanol–water partition coefficient (Wildman–Crippen LogP) is 0.335. The molecule has 7 nitrogen and oxygen atoms in total. The van der Waals surface area contributed by atoms with E-state index in [-0.39, 0.29) is 12.0 Å². The Morgan fingerprint density at radius 2 is 1.92 bits per heavy atom. The molecule has 1 aromatic heterocycles. The Bertz CT molecular complexity index is 624. The second-order valence-electron chi connectivity index (χ2n) is 7.24. The summed E-state index contributed by atoms with van der Waals surface area (Å²) in [5.41, 5.74) is 2.33. The van der Waals surface area contributed by atoms with Crippen LogP contribution in [0, 0.1) is 0 Å². The highest BCUT2D eigenvalue weighted by Crippen LogP contribution is 2.25. The van der Waals surface area contributed by atoms with Crippen molar-refractivity contribution in [3.8, 4) is 0 Å². The van der Waals surface area contributed by atoms with Gasteiger partial charge in [0, 0.05) is 57.9 Å². The average Bonchev–Trinajstić information content (AvgIpc) is 3.08. The number of likely N-dealkylation sites (N-methyl/N-ethyl adjacent to an activating group) is 1. The van der Waals surface area contributed by atoms with Gasteiger partial charge in [-0.05, 0) is 26.3 Å². The van der Waals surface area contributed by atoms with Crippen LogP contribution in [0.3, 0.4) is 0 Å². The number of rotatable bonds is 2. The molecule has 3 aliphatic rings. The molecule has 0 bridgehead atoms. The van der Waals surface area contributed by atoms with Crippen molar-refractivity contribution >= 4 is 11.7 Å². The molecule has 0 saturated carbocycles. The molecule has 4 heterocycles. The van der Waals surface area contributed by atoms with Gasteiger partial charge in [-0.3, -0.25) is 4.79 Å². The third kappa shape index (κ3) is 3.48. The Kier molecular flexibility index (Phi) is 4.85. The molecule has 0 unspecified atom stereocenters. The van der Waals surface area contributed by atoms with Gasteiger partial charge < -0.3 is 19.4 Å². The number of aromatic nitrogens is 2. The summed E-state index contributed by atoms with van der Waals surface area (Å²) >= 11 is 0. The van der Waals surface area contributed by atoms with Crippen LogP contribution in [0.2, 0.25) is 0 Å². The number of nitrogens with zero attached hydrogens (tertiary/aromatic N) is 5. The molecule has 2 saturated heterocycles. The maximum atomic E-state index is 12.7. The van der Waals surface area contributed by atoms with Gasteiger partial charge in [0.1, 0.15) is 18.2 Å². The lowest BCUT2D eigenvalue weighted by atomic mass is 10.1. The summed E-state index contributed by atoms with van der Waals surface area (Å²) in [6, 6.07) is 0. The topological polar surface area (TPSA) is 61.8 Å². The molecule has 3 aliphatic heterocycles. The lowest BCUT2D eigenvalue weighted by Crippen LogP contribution is -2.45. The first-order valence-electron chi connectivity index (χ1n) is 9.39. The number of carbonyl (C=O) groups excluding carboxylic acids is 1. The zero-order valence-corrected chi connectivity index (χ0v) is 15.0. The maximum Gasteiger partial charge on any atom is 0.251 e. The van der Waals surface area contributed by atoms with E-state index in [9.17, 15) is 4.79 Å². The van der Waals surface area contributed by atoms with Gasteiger partial charge >= 0.3 is 0 Å². The van der Waals surface area contributed by atoms with Crippen LogP contribution < -0.4 is 4.90 Å². The van der Waals surface area contributed by atoms with Crippen LogP contribution in [0.1, 0.15) is 24.1 Å². The van der Waals surface area contributed by atoms with Gasteiger partial charge in [0.25, 0.3) is 5.91 Å². The van der Waals surface area contributed by atoms with Crippen LogP contribution >= 0.6 is 0 Å². The summed E-state index contributed by atoms with van der Waals surface area (Å²) in [6.45, 7) is 6.29. The highest BCUT2D eigenvalue weighted by Gasteiger charge is 2.30. The molecule has 0 aromatic carbocycles. The number of hydrogen-bond acceptors (Lipinski definition) is 6. The summed E-state index contributed by atoms with van der Waals surface area (Å²) in [4.78, 5) is 28.5. The van der Waals surface area contributed by atoms with Crippen molar-refractivity contribution in [3.05, 3.63) is 17.6 Å². The fourth-order valence-electron chi connectivity index (χ4n) is 4.00. The van der Waals surface area contributed by atoms with Crippen LogP contribution in [0.4, 0.5) is 5.82 Å². The SMILES string of the molecule is CN1CCN(c2ncnc3c2CCN(C(=O)[C@@H]2CCCO2)CC3)CC1. The maximum absolute atomic E-state index is 12.7. The monoisotopic (exact) mass is 345 g/mol. The number of ether oxygens (including phenoxy) is 1. The van der Waals surface area contributed by atoms with Crippen molar-refractivity contribution in [2.75, 3.05) is 57.8 Å². The van der Waals surface area contributed by atoms with E-state index in [2.05, 4.69) is 26.8 Å². The number of piperazine rings is 1. The Morgan fingerprint density at radius 3 is 2.68 bits per heavy atom. The number of hydrogen-bond donors (Lipinski definition) is 0. The zero-order valence-electron chi connectivity index (χ0n) is 15.0. The molecule has 136 valence electrons. The van der Waals surface area contributed by atoms with Gasteiger partial charge in [0.05, 0.1) is 5.69 Å². The summed E-state index contributed by atoms with van der Waals surface area (Å²) < 4.78 is 5.58. The van der Waals surface area contributed by atoms with Crippen molar-refractivity contribution in [2.24, 2.45) is 0 Å². The number of anilines is 1. The summed E-state index contributed by atoms with van der Waals surface area (Å²) in [7, 11) is 2.16.